The molecule has 0 aromatic heterocycles. The molecule has 4 heteroatoms. The molecule has 1 aliphatic heterocycles. The molecule has 0 spiro atoms. The predicted molar refractivity (Wildman–Crippen MR) is 69.8 cm³/mol. The number of carbonyl (C=O) groups is 2. The highest BCUT2D eigenvalue weighted by Crippen LogP contribution is 2.35. The number of carbonyl (C=O) groups excluding carboxylic acids is 2. The van der Waals surface area contributed by atoms with E-state index in [1.54, 1.807) is 0 Å². The zero-order valence-corrected chi connectivity index (χ0v) is 11.8. The van der Waals surface area contributed by atoms with Crippen molar-refractivity contribution in [3.8, 4) is 0 Å². The minimum Gasteiger partial charge on any atom is -0.342 e. The molecule has 0 radical (unpaired) electrons. The largest absolute Gasteiger partial charge is 0.342 e. The number of nitrogens with one attached hydrogen (secondary N) is 1. The van der Waals surface area contributed by atoms with E-state index in [-0.39, 0.29) is 29.8 Å². The lowest BCUT2D eigenvalue weighted by Gasteiger charge is -2.41. The van der Waals surface area contributed by atoms with Crippen LogP contribution < -0.4 is 5.32 Å². The summed E-state index contributed by atoms with van der Waals surface area (Å²) in [5.41, 5.74) is 0. The summed E-state index contributed by atoms with van der Waals surface area (Å²) in [6.07, 6.45) is 2.14. The summed E-state index contributed by atoms with van der Waals surface area (Å²) in [7, 11) is 0. The van der Waals surface area contributed by atoms with Gasteiger partial charge in [0, 0.05) is 6.54 Å². The van der Waals surface area contributed by atoms with Gasteiger partial charge >= 0.3 is 0 Å². The third-order valence-electron chi connectivity index (χ3n) is 3.74. The molecule has 18 heavy (non-hydrogen) atoms. The maximum atomic E-state index is 12.5. The van der Waals surface area contributed by atoms with E-state index < -0.39 is 0 Å². The van der Waals surface area contributed by atoms with Crippen molar-refractivity contribution in [2.24, 2.45) is 17.8 Å². The summed E-state index contributed by atoms with van der Waals surface area (Å²) in [6, 6.07) is -0.554. The normalized spacial score (nSPS) is 29.1. The first-order valence-electron chi connectivity index (χ1n) is 7.02. The average molecular weight is 252 g/mol. The maximum absolute atomic E-state index is 12.5. The molecule has 1 saturated heterocycles. The lowest BCUT2D eigenvalue weighted by Crippen LogP contribution is -2.65. The van der Waals surface area contributed by atoms with E-state index in [4.69, 9.17) is 0 Å². The third kappa shape index (κ3) is 2.52. The van der Waals surface area contributed by atoms with E-state index in [1.807, 2.05) is 18.7 Å². The fourth-order valence-corrected chi connectivity index (χ4v) is 2.77. The zero-order valence-electron chi connectivity index (χ0n) is 11.8. The van der Waals surface area contributed by atoms with Crippen LogP contribution in [0, 0.1) is 17.8 Å². The first-order valence-corrected chi connectivity index (χ1v) is 7.02. The molecule has 1 heterocycles. The van der Waals surface area contributed by atoms with Crippen LogP contribution in [0.25, 0.3) is 0 Å². The summed E-state index contributed by atoms with van der Waals surface area (Å²) in [5, 5.41) is 2.93. The third-order valence-corrected chi connectivity index (χ3v) is 3.74. The molecule has 0 aromatic carbocycles. The van der Waals surface area contributed by atoms with Crippen molar-refractivity contribution in [1.82, 2.24) is 10.2 Å². The van der Waals surface area contributed by atoms with Crippen LogP contribution in [0.3, 0.4) is 0 Å². The van der Waals surface area contributed by atoms with Crippen LogP contribution in [-0.2, 0) is 9.59 Å². The molecule has 1 N–H and O–H groups in total. The van der Waals surface area contributed by atoms with Crippen molar-refractivity contribution < 1.29 is 9.59 Å². The van der Waals surface area contributed by atoms with E-state index in [1.165, 1.54) is 0 Å². The van der Waals surface area contributed by atoms with Gasteiger partial charge < -0.3 is 10.2 Å². The Kier molecular flexibility index (Phi) is 3.64. The SMILES string of the molecule is CC(C)CN1C(=O)C(C2CC2)NC(=O)C1C(C)C. The van der Waals surface area contributed by atoms with Gasteiger partial charge in [0.25, 0.3) is 0 Å². The van der Waals surface area contributed by atoms with Gasteiger partial charge in [0.1, 0.15) is 12.1 Å². The van der Waals surface area contributed by atoms with Gasteiger partial charge in [-0.05, 0) is 30.6 Å². The van der Waals surface area contributed by atoms with Crippen LogP contribution in [0.1, 0.15) is 40.5 Å². The van der Waals surface area contributed by atoms with Crippen molar-refractivity contribution in [3.05, 3.63) is 0 Å². The molecule has 2 unspecified atom stereocenters. The Morgan fingerprint density at radius 1 is 1.22 bits per heavy atom. The topological polar surface area (TPSA) is 49.4 Å². The molecule has 102 valence electrons. The number of amides is 2. The van der Waals surface area contributed by atoms with Crippen LogP contribution in [0.15, 0.2) is 0 Å². The van der Waals surface area contributed by atoms with Gasteiger partial charge in [-0.3, -0.25) is 9.59 Å². The van der Waals surface area contributed by atoms with Crippen molar-refractivity contribution in [1.29, 1.82) is 0 Å². The summed E-state index contributed by atoms with van der Waals surface area (Å²) < 4.78 is 0. The monoisotopic (exact) mass is 252 g/mol. The fourth-order valence-electron chi connectivity index (χ4n) is 2.77. The highest BCUT2D eigenvalue weighted by molar-refractivity contribution is 5.97. The van der Waals surface area contributed by atoms with Gasteiger partial charge in [-0.25, -0.2) is 0 Å². The maximum Gasteiger partial charge on any atom is 0.246 e. The van der Waals surface area contributed by atoms with Crippen molar-refractivity contribution in [2.75, 3.05) is 6.54 Å². The van der Waals surface area contributed by atoms with Gasteiger partial charge in [-0.1, -0.05) is 27.7 Å². The molecule has 4 nitrogen and oxygen atoms in total. The van der Waals surface area contributed by atoms with E-state index in [9.17, 15) is 9.59 Å². The zero-order chi connectivity index (χ0) is 13.4. The standard InChI is InChI=1S/C14H24N2O2/c1-8(2)7-16-12(9(3)4)13(17)15-11(14(16)18)10-5-6-10/h8-12H,5-7H2,1-4H3,(H,15,17). The number of rotatable bonds is 4. The number of hydrogen-bond donors (Lipinski definition) is 1. The second-order valence-corrected chi connectivity index (χ2v) is 6.40. The van der Waals surface area contributed by atoms with Crippen molar-refractivity contribution >= 4 is 11.8 Å². The average Bonchev–Trinajstić information content (AvgIpc) is 3.05. The van der Waals surface area contributed by atoms with E-state index >= 15 is 0 Å². The van der Waals surface area contributed by atoms with Crippen LogP contribution >= 0.6 is 0 Å². The molecule has 1 aliphatic carbocycles. The van der Waals surface area contributed by atoms with Crippen molar-refractivity contribution in [3.63, 3.8) is 0 Å². The summed E-state index contributed by atoms with van der Waals surface area (Å²) in [5.74, 6) is 1.09. The van der Waals surface area contributed by atoms with E-state index in [0.717, 1.165) is 12.8 Å². The van der Waals surface area contributed by atoms with Gasteiger partial charge in [0.05, 0.1) is 0 Å². The molecule has 1 saturated carbocycles. The summed E-state index contributed by atoms with van der Waals surface area (Å²) >= 11 is 0. The van der Waals surface area contributed by atoms with Crippen LogP contribution in [0.4, 0.5) is 0 Å². The quantitative estimate of drug-likeness (QED) is 0.822. The Labute approximate surface area is 109 Å². The number of piperazine rings is 1. The van der Waals surface area contributed by atoms with Gasteiger partial charge in [0.2, 0.25) is 11.8 Å². The second kappa shape index (κ2) is 4.90. The van der Waals surface area contributed by atoms with Crippen molar-refractivity contribution in [2.45, 2.75) is 52.6 Å². The van der Waals surface area contributed by atoms with Gasteiger partial charge in [0.15, 0.2) is 0 Å². The van der Waals surface area contributed by atoms with Gasteiger partial charge in [-0.15, -0.1) is 0 Å². The first kappa shape index (κ1) is 13.4. The highest BCUT2D eigenvalue weighted by atomic mass is 16.2. The molecule has 2 rings (SSSR count). The second-order valence-electron chi connectivity index (χ2n) is 6.40. The smallest absolute Gasteiger partial charge is 0.246 e. The summed E-state index contributed by atoms with van der Waals surface area (Å²) in [4.78, 5) is 26.5. The highest BCUT2D eigenvalue weighted by Gasteiger charge is 2.47. The molecule has 2 fully saturated rings. The lowest BCUT2D eigenvalue weighted by atomic mass is 9.94. The fraction of sp³-hybridized carbons (Fsp3) is 0.857. The first-order chi connectivity index (χ1) is 8.41. The summed E-state index contributed by atoms with van der Waals surface area (Å²) in [6.45, 7) is 8.86. The Morgan fingerprint density at radius 3 is 2.28 bits per heavy atom. The minimum absolute atomic E-state index is 0.0298. The molecule has 2 atom stereocenters. The van der Waals surface area contributed by atoms with Crippen LogP contribution in [0.2, 0.25) is 0 Å². The minimum atomic E-state index is -0.296. The number of nitrogens with zero attached hydrogens (tertiary/aromatic N) is 1. The molecule has 0 bridgehead atoms. The molecular formula is C14H24N2O2. The Morgan fingerprint density at radius 2 is 1.83 bits per heavy atom. The Balaban J connectivity index is 2.20. The van der Waals surface area contributed by atoms with Crippen LogP contribution in [-0.4, -0.2) is 35.3 Å². The van der Waals surface area contributed by atoms with Gasteiger partial charge in [-0.2, -0.15) is 0 Å². The number of hydrogen-bond acceptors (Lipinski definition) is 2. The molecule has 2 amide bonds. The molecule has 0 aromatic rings. The Bertz CT molecular complexity index is 348. The predicted octanol–water partition coefficient (Wildman–Crippen LogP) is 1.40. The van der Waals surface area contributed by atoms with Crippen LogP contribution in [0.5, 0.6) is 0 Å². The lowest BCUT2D eigenvalue weighted by molar-refractivity contribution is -0.152. The molecular weight excluding hydrogens is 228 g/mol. The van der Waals surface area contributed by atoms with E-state index in [2.05, 4.69) is 19.2 Å². The Hall–Kier alpha value is -1.06. The molecule has 2 aliphatic rings. The van der Waals surface area contributed by atoms with E-state index in [0.29, 0.717) is 18.4 Å².